The predicted molar refractivity (Wildman–Crippen MR) is 90.5 cm³/mol. The first-order chi connectivity index (χ1) is 11.3. The van der Waals surface area contributed by atoms with Crippen molar-refractivity contribution >= 4 is 11.6 Å². The zero-order valence-corrected chi connectivity index (χ0v) is 14.5. The van der Waals surface area contributed by atoms with E-state index in [-0.39, 0.29) is 25.0 Å². The van der Waals surface area contributed by atoms with Crippen molar-refractivity contribution in [2.75, 3.05) is 18.5 Å². The summed E-state index contributed by atoms with van der Waals surface area (Å²) in [6, 6.07) is 7.52. The molecule has 2 rings (SSSR count). The van der Waals surface area contributed by atoms with Crippen molar-refractivity contribution in [1.29, 1.82) is 0 Å². The minimum absolute atomic E-state index is 0.175. The monoisotopic (exact) mass is 337 g/mol. The third kappa shape index (κ3) is 5.56. The number of hydrogen-bond acceptors (Lipinski definition) is 5. The number of hydrogen-bond donors (Lipinski definition) is 3. The third-order valence-electron chi connectivity index (χ3n) is 4.07. The first kappa shape index (κ1) is 18.9. The van der Waals surface area contributed by atoms with Crippen LogP contribution in [0.25, 0.3) is 0 Å². The summed E-state index contributed by atoms with van der Waals surface area (Å²) < 4.78 is 11.3. The van der Waals surface area contributed by atoms with Crippen LogP contribution in [0.2, 0.25) is 0 Å². The predicted octanol–water partition coefficient (Wildman–Crippen LogP) is 1.83. The lowest BCUT2D eigenvalue weighted by Gasteiger charge is -2.22. The molecule has 0 spiro atoms. The molecule has 1 fully saturated rings. The van der Waals surface area contributed by atoms with Gasteiger partial charge in [-0.05, 0) is 45.7 Å². The van der Waals surface area contributed by atoms with E-state index in [1.165, 1.54) is 0 Å². The highest BCUT2D eigenvalue weighted by Crippen LogP contribution is 2.28. The standard InChI is InChI=1S/C18H27NO5/c1-12-4-6-14(7-5-12)19-17(22)13(8-15(21)10-20)9-16-11-23-18(2,3)24-16/h4-7,13,15-16,20-21H,8-11H2,1-3H3,(H,19,22)/t13-,15?,16+/m0/s1. The van der Waals surface area contributed by atoms with Crippen molar-refractivity contribution in [3.63, 3.8) is 0 Å². The lowest BCUT2D eigenvalue weighted by Crippen LogP contribution is -2.32. The largest absolute Gasteiger partial charge is 0.394 e. The average molecular weight is 337 g/mol. The van der Waals surface area contributed by atoms with E-state index in [1.807, 2.05) is 45.0 Å². The van der Waals surface area contributed by atoms with Gasteiger partial charge in [0.2, 0.25) is 5.91 Å². The molecule has 6 nitrogen and oxygen atoms in total. The van der Waals surface area contributed by atoms with E-state index >= 15 is 0 Å². The fourth-order valence-electron chi connectivity index (χ4n) is 2.79. The minimum atomic E-state index is -0.936. The van der Waals surface area contributed by atoms with Crippen LogP contribution >= 0.6 is 0 Å². The van der Waals surface area contributed by atoms with Crippen LogP contribution < -0.4 is 5.32 Å². The topological polar surface area (TPSA) is 88.0 Å². The van der Waals surface area contributed by atoms with Gasteiger partial charge < -0.3 is 25.0 Å². The van der Waals surface area contributed by atoms with Crippen LogP contribution in [0.4, 0.5) is 5.69 Å². The second kappa shape index (κ2) is 8.07. The Morgan fingerprint density at radius 3 is 2.58 bits per heavy atom. The van der Waals surface area contributed by atoms with Gasteiger partial charge >= 0.3 is 0 Å². The normalized spacial score (nSPS) is 22.1. The van der Waals surface area contributed by atoms with Crippen LogP contribution in [0.3, 0.4) is 0 Å². The summed E-state index contributed by atoms with van der Waals surface area (Å²) in [6.07, 6.45) is -0.541. The molecule has 1 amide bonds. The molecule has 1 saturated heterocycles. The quantitative estimate of drug-likeness (QED) is 0.706. The average Bonchev–Trinajstić information content (AvgIpc) is 2.87. The summed E-state index contributed by atoms with van der Waals surface area (Å²) in [7, 11) is 0. The van der Waals surface area contributed by atoms with Gasteiger partial charge in [-0.1, -0.05) is 17.7 Å². The first-order valence-corrected chi connectivity index (χ1v) is 8.27. The minimum Gasteiger partial charge on any atom is -0.394 e. The van der Waals surface area contributed by atoms with Crippen molar-refractivity contribution < 1.29 is 24.5 Å². The molecule has 1 aromatic carbocycles. The van der Waals surface area contributed by atoms with Crippen LogP contribution in [0, 0.1) is 12.8 Å². The van der Waals surface area contributed by atoms with Crippen LogP contribution in [0.5, 0.6) is 0 Å². The van der Waals surface area contributed by atoms with Crippen LogP contribution in [-0.4, -0.2) is 47.3 Å². The number of nitrogens with one attached hydrogen (secondary N) is 1. The lowest BCUT2D eigenvalue weighted by atomic mass is 9.94. The van der Waals surface area contributed by atoms with Gasteiger partial charge in [0.1, 0.15) is 0 Å². The van der Waals surface area contributed by atoms with Crippen LogP contribution in [-0.2, 0) is 14.3 Å². The SMILES string of the molecule is Cc1ccc(NC(=O)[C@@H](CC(O)CO)C[C@@H]2COC(C)(C)O2)cc1. The van der Waals surface area contributed by atoms with Gasteiger partial charge in [0.25, 0.3) is 0 Å². The summed E-state index contributed by atoms with van der Waals surface area (Å²) in [6.45, 7) is 5.68. The van der Waals surface area contributed by atoms with Crippen molar-refractivity contribution in [2.45, 2.75) is 51.6 Å². The van der Waals surface area contributed by atoms with Gasteiger partial charge in [-0.2, -0.15) is 0 Å². The molecule has 1 heterocycles. The van der Waals surface area contributed by atoms with Gasteiger partial charge in [0.05, 0.1) is 25.4 Å². The fraction of sp³-hybridized carbons (Fsp3) is 0.611. The Balaban J connectivity index is 2.01. The summed E-state index contributed by atoms with van der Waals surface area (Å²) in [5, 5.41) is 21.7. The van der Waals surface area contributed by atoms with Crippen LogP contribution in [0.1, 0.15) is 32.3 Å². The van der Waals surface area contributed by atoms with E-state index in [9.17, 15) is 9.90 Å². The molecular weight excluding hydrogens is 310 g/mol. The Labute approximate surface area is 142 Å². The number of carbonyl (C=O) groups is 1. The van der Waals surface area contributed by atoms with Crippen LogP contribution in [0.15, 0.2) is 24.3 Å². The fourth-order valence-corrected chi connectivity index (χ4v) is 2.79. The Morgan fingerprint density at radius 2 is 2.04 bits per heavy atom. The van der Waals surface area contributed by atoms with Gasteiger partial charge in [-0.3, -0.25) is 4.79 Å². The second-order valence-electron chi connectivity index (χ2n) is 6.81. The number of benzene rings is 1. The van der Waals surface area contributed by atoms with E-state index in [0.717, 1.165) is 5.56 Å². The van der Waals surface area contributed by atoms with Crippen molar-refractivity contribution in [2.24, 2.45) is 5.92 Å². The summed E-state index contributed by atoms with van der Waals surface area (Å²) in [5.74, 6) is -1.33. The van der Waals surface area contributed by atoms with Gasteiger partial charge in [-0.25, -0.2) is 0 Å². The smallest absolute Gasteiger partial charge is 0.227 e. The highest BCUT2D eigenvalue weighted by Gasteiger charge is 2.36. The molecule has 6 heteroatoms. The maximum atomic E-state index is 12.6. The number of rotatable bonds is 7. The summed E-state index contributed by atoms with van der Waals surface area (Å²) >= 11 is 0. The summed E-state index contributed by atoms with van der Waals surface area (Å²) in [4.78, 5) is 12.6. The molecule has 0 bridgehead atoms. The zero-order chi connectivity index (χ0) is 17.7. The molecule has 1 aromatic rings. The maximum Gasteiger partial charge on any atom is 0.227 e. The highest BCUT2D eigenvalue weighted by atomic mass is 16.7. The van der Waals surface area contributed by atoms with E-state index in [0.29, 0.717) is 18.7 Å². The van der Waals surface area contributed by atoms with E-state index in [4.69, 9.17) is 14.6 Å². The summed E-state index contributed by atoms with van der Waals surface area (Å²) in [5.41, 5.74) is 1.82. The molecule has 1 aliphatic heterocycles. The molecule has 3 atom stereocenters. The van der Waals surface area contributed by atoms with Crippen molar-refractivity contribution in [1.82, 2.24) is 0 Å². The Morgan fingerprint density at radius 1 is 1.38 bits per heavy atom. The van der Waals surface area contributed by atoms with Gasteiger partial charge in [0.15, 0.2) is 5.79 Å². The van der Waals surface area contributed by atoms with Gasteiger partial charge in [-0.15, -0.1) is 0 Å². The molecule has 0 aromatic heterocycles. The molecule has 0 saturated carbocycles. The zero-order valence-electron chi connectivity index (χ0n) is 14.5. The number of amides is 1. The number of ether oxygens (including phenoxy) is 2. The molecule has 1 unspecified atom stereocenters. The maximum absolute atomic E-state index is 12.6. The molecule has 1 aliphatic rings. The van der Waals surface area contributed by atoms with E-state index in [2.05, 4.69) is 5.32 Å². The number of carbonyl (C=O) groups excluding carboxylic acids is 1. The van der Waals surface area contributed by atoms with E-state index < -0.39 is 17.8 Å². The van der Waals surface area contributed by atoms with Gasteiger partial charge in [0, 0.05) is 11.6 Å². The molecule has 0 aliphatic carbocycles. The molecule has 0 radical (unpaired) electrons. The molecular formula is C18H27NO5. The third-order valence-corrected chi connectivity index (χ3v) is 4.07. The van der Waals surface area contributed by atoms with Crippen molar-refractivity contribution in [3.8, 4) is 0 Å². The number of anilines is 1. The lowest BCUT2D eigenvalue weighted by molar-refractivity contribution is -0.142. The highest BCUT2D eigenvalue weighted by molar-refractivity contribution is 5.92. The Bertz CT molecular complexity index is 543. The Hall–Kier alpha value is -1.47. The first-order valence-electron chi connectivity index (χ1n) is 8.27. The molecule has 3 N–H and O–H groups in total. The number of aryl methyl sites for hydroxylation is 1. The number of aliphatic hydroxyl groups excluding tert-OH is 2. The molecule has 24 heavy (non-hydrogen) atoms. The second-order valence-corrected chi connectivity index (χ2v) is 6.81. The van der Waals surface area contributed by atoms with E-state index in [1.54, 1.807) is 0 Å². The molecule has 134 valence electrons. The van der Waals surface area contributed by atoms with Crippen molar-refractivity contribution in [3.05, 3.63) is 29.8 Å². The number of aliphatic hydroxyl groups is 2. The Kier molecular flexibility index (Phi) is 6.34.